The van der Waals surface area contributed by atoms with Crippen LogP contribution in [0.15, 0.2) is 59.5 Å². The first-order valence-electron chi connectivity index (χ1n) is 13.0. The van der Waals surface area contributed by atoms with Gasteiger partial charge in [0.2, 0.25) is 10.9 Å². The fourth-order valence-electron chi connectivity index (χ4n) is 4.70. The second-order valence-electron chi connectivity index (χ2n) is 9.53. The zero-order valence-corrected chi connectivity index (χ0v) is 23.1. The third-order valence-electron chi connectivity index (χ3n) is 6.77. The quantitative estimate of drug-likeness (QED) is 0.351. The maximum Gasteiger partial charge on any atom is 0.416 e. The molecule has 216 valence electrons. The number of halogens is 3. The van der Waals surface area contributed by atoms with E-state index in [1.807, 2.05) is 30.0 Å². The summed E-state index contributed by atoms with van der Waals surface area (Å²) in [7, 11) is -1.05. The number of anilines is 1. The summed E-state index contributed by atoms with van der Waals surface area (Å²) >= 11 is 0. The molecule has 4 rings (SSSR count). The number of piperidine rings is 1. The zero-order chi connectivity index (χ0) is 28.9. The van der Waals surface area contributed by atoms with Crippen molar-refractivity contribution in [3.8, 4) is 22.6 Å². The zero-order valence-electron chi connectivity index (χ0n) is 22.2. The second kappa shape index (κ2) is 12.8. The van der Waals surface area contributed by atoms with Crippen LogP contribution in [0.2, 0.25) is 0 Å². The number of alkyl halides is 3. The van der Waals surface area contributed by atoms with Gasteiger partial charge in [-0.25, -0.2) is 13.1 Å². The van der Waals surface area contributed by atoms with Crippen LogP contribution in [0, 0.1) is 0 Å². The summed E-state index contributed by atoms with van der Waals surface area (Å²) in [6.45, 7) is 3.67. The minimum atomic E-state index is -4.37. The van der Waals surface area contributed by atoms with Crippen molar-refractivity contribution in [1.82, 2.24) is 9.29 Å². The summed E-state index contributed by atoms with van der Waals surface area (Å²) in [5.41, 5.74) is 2.11. The fraction of sp³-hybridized carbons (Fsp3) is 0.393. The third kappa shape index (κ3) is 7.36. The molecule has 1 aromatic heterocycles. The lowest BCUT2D eigenvalue weighted by Crippen LogP contribution is -2.38. The summed E-state index contributed by atoms with van der Waals surface area (Å²) in [6.07, 6.45) is -1.03. The van der Waals surface area contributed by atoms with E-state index in [2.05, 4.69) is 4.72 Å². The van der Waals surface area contributed by atoms with Crippen LogP contribution in [-0.2, 0) is 30.5 Å². The van der Waals surface area contributed by atoms with Gasteiger partial charge in [-0.15, -0.1) is 0 Å². The lowest BCUT2D eigenvalue weighted by atomic mass is 10.00. The van der Waals surface area contributed by atoms with E-state index in [1.165, 1.54) is 22.8 Å². The molecular formula is C28H32F3N3O5S. The van der Waals surface area contributed by atoms with Gasteiger partial charge in [0.25, 0.3) is 5.56 Å². The van der Waals surface area contributed by atoms with E-state index in [-0.39, 0.29) is 18.2 Å². The van der Waals surface area contributed by atoms with Crippen molar-refractivity contribution in [3.63, 3.8) is 0 Å². The average Bonchev–Trinajstić information content (AvgIpc) is 2.91. The molecule has 1 N–H and O–H groups in total. The molecule has 40 heavy (non-hydrogen) atoms. The minimum absolute atomic E-state index is 0.135. The summed E-state index contributed by atoms with van der Waals surface area (Å²) in [4.78, 5) is 14.4. The molecule has 0 amide bonds. The number of ether oxygens (including phenoxy) is 2. The number of hydrogen-bond donors (Lipinski definition) is 2. The van der Waals surface area contributed by atoms with Crippen LogP contribution >= 0.6 is 0 Å². The molecule has 0 bridgehead atoms. The van der Waals surface area contributed by atoms with Crippen molar-refractivity contribution in [2.75, 3.05) is 31.1 Å². The van der Waals surface area contributed by atoms with Crippen molar-refractivity contribution in [1.29, 1.82) is 0 Å². The van der Waals surface area contributed by atoms with Crippen molar-refractivity contribution >= 4 is 16.6 Å². The van der Waals surface area contributed by atoms with Gasteiger partial charge in [-0.2, -0.15) is 13.2 Å². The first-order chi connectivity index (χ1) is 19.0. The van der Waals surface area contributed by atoms with Gasteiger partial charge in [0.05, 0.1) is 12.2 Å². The molecular weight excluding hydrogens is 547 g/mol. The largest absolute Gasteiger partial charge is 0.493 e. The Morgan fingerprint density at radius 2 is 1.70 bits per heavy atom. The van der Waals surface area contributed by atoms with E-state index in [9.17, 15) is 26.4 Å². The Morgan fingerprint density at radius 1 is 1.00 bits per heavy atom. The van der Waals surface area contributed by atoms with E-state index < -0.39 is 22.6 Å². The average molecular weight is 580 g/mol. The van der Waals surface area contributed by atoms with Crippen LogP contribution in [-0.4, -0.2) is 45.3 Å². The van der Waals surface area contributed by atoms with E-state index in [4.69, 9.17) is 9.47 Å². The van der Waals surface area contributed by atoms with Crippen LogP contribution in [0.1, 0.15) is 30.9 Å². The van der Waals surface area contributed by atoms with Gasteiger partial charge in [-0.05, 0) is 55.3 Å². The summed E-state index contributed by atoms with van der Waals surface area (Å²) < 4.78 is 76.7. The van der Waals surface area contributed by atoms with E-state index in [0.29, 0.717) is 61.6 Å². The Morgan fingerprint density at radius 3 is 2.33 bits per heavy atom. The van der Waals surface area contributed by atoms with E-state index in [1.54, 1.807) is 13.2 Å². The van der Waals surface area contributed by atoms with Crippen LogP contribution in [0.25, 0.3) is 11.1 Å². The number of pyridine rings is 1. The number of rotatable bonds is 10. The molecule has 3 aromatic rings. The molecule has 2 heterocycles. The van der Waals surface area contributed by atoms with Gasteiger partial charge in [0, 0.05) is 68.6 Å². The van der Waals surface area contributed by atoms with Crippen molar-refractivity contribution in [2.45, 2.75) is 38.5 Å². The van der Waals surface area contributed by atoms with Gasteiger partial charge < -0.3 is 18.9 Å². The normalized spacial score (nSPS) is 14.5. The molecule has 8 nitrogen and oxygen atoms in total. The van der Waals surface area contributed by atoms with Crippen LogP contribution in [0.5, 0.6) is 11.5 Å². The predicted octanol–water partition coefficient (Wildman–Crippen LogP) is 4.18. The Kier molecular flexibility index (Phi) is 9.41. The number of aromatic nitrogens is 1. The van der Waals surface area contributed by atoms with Crippen molar-refractivity contribution in [3.05, 3.63) is 76.2 Å². The standard InChI is InChI=1S/C28H32F3N3O5S/c1-3-38-26-17-27(35)33(2)18-24(26)23-16-19(10-13-32-40(36)37)4-9-25(23)39-22-11-14-34(15-12-22)21-7-5-20(6-8-21)28(29,30)31/h4-9,16-18,22,40H,3,10-15H2,1-2H3,(H,32,36,37). The third-order valence-corrected chi connectivity index (χ3v) is 7.26. The molecule has 0 unspecified atom stereocenters. The SMILES string of the molecule is CCOc1cc(=O)n(C)cc1-c1cc(CCN[SH](=O)=O)ccc1OC1CCN(c2ccc(C(F)(F)F)cc2)CC1. The van der Waals surface area contributed by atoms with E-state index >= 15 is 0 Å². The summed E-state index contributed by atoms with van der Waals surface area (Å²) in [6, 6.07) is 12.2. The first kappa shape index (κ1) is 29.5. The van der Waals surface area contributed by atoms with Gasteiger partial charge in [0.15, 0.2) is 0 Å². The molecule has 0 spiro atoms. The highest BCUT2D eigenvalue weighted by molar-refractivity contribution is 7.70. The maximum atomic E-state index is 12.9. The number of benzene rings is 2. The van der Waals surface area contributed by atoms with Gasteiger partial charge in [-0.1, -0.05) is 6.07 Å². The number of aryl methyl sites for hydroxylation is 1. The number of nitrogens with one attached hydrogen (secondary N) is 1. The van der Waals surface area contributed by atoms with Crippen LogP contribution < -0.4 is 24.7 Å². The number of hydrogen-bond acceptors (Lipinski definition) is 6. The number of nitrogens with zero attached hydrogens (tertiary/aromatic N) is 2. The van der Waals surface area contributed by atoms with Gasteiger partial charge in [0.1, 0.15) is 17.6 Å². The monoisotopic (exact) mass is 579 g/mol. The van der Waals surface area contributed by atoms with E-state index in [0.717, 1.165) is 23.4 Å². The van der Waals surface area contributed by atoms with Crippen LogP contribution in [0.3, 0.4) is 0 Å². The minimum Gasteiger partial charge on any atom is -0.493 e. The fourth-order valence-corrected chi connectivity index (χ4v) is 4.99. The molecule has 12 heteroatoms. The molecule has 0 aliphatic carbocycles. The molecule has 2 aromatic carbocycles. The van der Waals surface area contributed by atoms with Crippen molar-refractivity contribution < 1.29 is 31.1 Å². The molecule has 1 aliphatic heterocycles. The lowest BCUT2D eigenvalue weighted by molar-refractivity contribution is -0.137. The molecule has 1 saturated heterocycles. The smallest absolute Gasteiger partial charge is 0.416 e. The van der Waals surface area contributed by atoms with Gasteiger partial charge in [-0.3, -0.25) is 4.79 Å². The Balaban J connectivity index is 1.55. The topological polar surface area (TPSA) is 89.9 Å². The Hall–Kier alpha value is -3.51. The highest BCUT2D eigenvalue weighted by atomic mass is 32.2. The lowest BCUT2D eigenvalue weighted by Gasteiger charge is -2.34. The summed E-state index contributed by atoms with van der Waals surface area (Å²) in [5.74, 6) is 1.02. The predicted molar refractivity (Wildman–Crippen MR) is 148 cm³/mol. The Labute approximate surface area is 232 Å². The molecule has 0 saturated carbocycles. The Bertz CT molecular complexity index is 1440. The first-order valence-corrected chi connectivity index (χ1v) is 14.2. The molecule has 1 aliphatic rings. The highest BCUT2D eigenvalue weighted by Gasteiger charge is 2.30. The van der Waals surface area contributed by atoms with Crippen LogP contribution in [0.4, 0.5) is 18.9 Å². The second-order valence-corrected chi connectivity index (χ2v) is 10.4. The molecule has 1 fully saturated rings. The van der Waals surface area contributed by atoms with Crippen molar-refractivity contribution in [2.24, 2.45) is 7.05 Å². The molecule has 0 atom stereocenters. The molecule has 0 radical (unpaired) electrons. The maximum absolute atomic E-state index is 12.9. The summed E-state index contributed by atoms with van der Waals surface area (Å²) in [5, 5.41) is 0. The number of thiol groups is 1. The van der Waals surface area contributed by atoms with Gasteiger partial charge >= 0.3 is 6.18 Å². The highest BCUT2D eigenvalue weighted by Crippen LogP contribution is 2.38.